The van der Waals surface area contributed by atoms with Crippen molar-refractivity contribution in [1.29, 1.82) is 0 Å². The second-order valence-electron chi connectivity index (χ2n) is 11.4. The van der Waals surface area contributed by atoms with E-state index in [-0.39, 0.29) is 5.41 Å². The molecule has 0 bridgehead atoms. The van der Waals surface area contributed by atoms with Gasteiger partial charge < -0.3 is 24.3 Å². The Labute approximate surface area is 235 Å². The maximum absolute atomic E-state index is 12.2. The van der Waals surface area contributed by atoms with Crippen molar-refractivity contribution in [3.63, 3.8) is 0 Å². The van der Waals surface area contributed by atoms with E-state index in [4.69, 9.17) is 9.15 Å². The van der Waals surface area contributed by atoms with Crippen molar-refractivity contribution in [2.75, 3.05) is 11.5 Å². The lowest BCUT2D eigenvalue weighted by atomic mass is 9.80. The van der Waals surface area contributed by atoms with Crippen molar-refractivity contribution in [1.82, 2.24) is 4.98 Å². The lowest BCUT2D eigenvalue weighted by Crippen LogP contribution is -2.68. The van der Waals surface area contributed by atoms with Crippen LogP contribution in [-0.4, -0.2) is 40.0 Å². The van der Waals surface area contributed by atoms with Crippen LogP contribution in [0, 0.1) is 12.8 Å². The summed E-state index contributed by atoms with van der Waals surface area (Å²) in [6, 6.07) is 24.4. The van der Waals surface area contributed by atoms with Gasteiger partial charge in [0.25, 0.3) is 0 Å². The molecule has 3 atom stereocenters. The number of aliphatic carboxylic acids is 1. The van der Waals surface area contributed by atoms with Crippen LogP contribution in [0.25, 0.3) is 11.5 Å². The highest BCUT2D eigenvalue weighted by molar-refractivity contribution is 5.81. The number of nitrogens with zero attached hydrogens (tertiary/aromatic N) is 2. The van der Waals surface area contributed by atoms with Crippen LogP contribution in [0.15, 0.2) is 83.3 Å². The molecule has 0 saturated carbocycles. The van der Waals surface area contributed by atoms with Gasteiger partial charge in [-0.05, 0) is 66.3 Å². The van der Waals surface area contributed by atoms with E-state index in [1.54, 1.807) is 4.90 Å². The van der Waals surface area contributed by atoms with Crippen molar-refractivity contribution in [2.24, 2.45) is 5.92 Å². The molecule has 0 amide bonds. The first kappa shape index (κ1) is 27.5. The molecule has 4 aromatic rings. The standard InChI is InChI=1S/C33H36N2O5/c1-21-28(34-30(40-21)23-10-6-5-7-11-23)17-18-39-26-12-8-9-22(19-26)20-27-29(32(37)38)35(31(27)36)25-15-13-24(14-16-25)33(2,3)4/h5-16,19,27,29,31,36H,17-18,20H2,1-4H3,(H,37,38)/t27-,29-,31?/m0/s1. The monoisotopic (exact) mass is 540 g/mol. The third kappa shape index (κ3) is 5.75. The molecule has 0 aliphatic carbocycles. The molecule has 7 heteroatoms. The summed E-state index contributed by atoms with van der Waals surface area (Å²) in [5.41, 5.74) is 4.56. The van der Waals surface area contributed by atoms with Gasteiger partial charge in [0.05, 0.1) is 12.3 Å². The van der Waals surface area contributed by atoms with Crippen LogP contribution in [0.3, 0.4) is 0 Å². The zero-order valence-electron chi connectivity index (χ0n) is 23.4. The molecule has 5 rings (SSSR count). The summed E-state index contributed by atoms with van der Waals surface area (Å²) in [5, 5.41) is 21.0. The Balaban J connectivity index is 1.21. The van der Waals surface area contributed by atoms with Gasteiger partial charge in [0.15, 0.2) is 0 Å². The third-order valence-corrected chi connectivity index (χ3v) is 7.55. The van der Waals surface area contributed by atoms with E-state index in [2.05, 4.69) is 25.8 Å². The fourth-order valence-corrected chi connectivity index (χ4v) is 5.27. The number of aryl methyl sites for hydroxylation is 1. The molecule has 1 unspecified atom stereocenters. The van der Waals surface area contributed by atoms with Gasteiger partial charge in [-0.2, -0.15) is 0 Å². The second kappa shape index (κ2) is 11.2. The molecule has 2 heterocycles. The average Bonchev–Trinajstić information content (AvgIpc) is 3.30. The molecule has 40 heavy (non-hydrogen) atoms. The lowest BCUT2D eigenvalue weighted by molar-refractivity contribution is -0.147. The Kier molecular flexibility index (Phi) is 7.68. The Morgan fingerprint density at radius 3 is 2.42 bits per heavy atom. The van der Waals surface area contributed by atoms with Crippen molar-refractivity contribution >= 4 is 11.7 Å². The van der Waals surface area contributed by atoms with Gasteiger partial charge >= 0.3 is 5.97 Å². The highest BCUT2D eigenvalue weighted by Crippen LogP contribution is 2.39. The number of ether oxygens (including phenoxy) is 1. The van der Waals surface area contributed by atoms with Gasteiger partial charge in [0.2, 0.25) is 5.89 Å². The van der Waals surface area contributed by atoms with E-state index >= 15 is 0 Å². The zero-order chi connectivity index (χ0) is 28.4. The van der Waals surface area contributed by atoms with Crippen molar-refractivity contribution in [3.8, 4) is 17.2 Å². The molecule has 1 aliphatic heterocycles. The van der Waals surface area contributed by atoms with Gasteiger partial charge in [-0.1, -0.05) is 63.2 Å². The molecular weight excluding hydrogens is 504 g/mol. The third-order valence-electron chi connectivity index (χ3n) is 7.55. The number of oxazole rings is 1. The normalized spacial score (nSPS) is 18.8. The highest BCUT2D eigenvalue weighted by Gasteiger charge is 2.51. The number of hydrogen-bond acceptors (Lipinski definition) is 6. The quantitative estimate of drug-likeness (QED) is 0.268. The minimum absolute atomic E-state index is 0.00706. The minimum Gasteiger partial charge on any atom is -0.493 e. The Bertz CT molecular complexity index is 1460. The smallest absolute Gasteiger partial charge is 0.326 e. The average molecular weight is 541 g/mol. The van der Waals surface area contributed by atoms with Crippen LogP contribution in [0.5, 0.6) is 5.75 Å². The Hall–Kier alpha value is -4.10. The maximum Gasteiger partial charge on any atom is 0.326 e. The second-order valence-corrected chi connectivity index (χ2v) is 11.4. The maximum atomic E-state index is 12.2. The van der Waals surface area contributed by atoms with E-state index in [0.717, 1.165) is 28.1 Å². The summed E-state index contributed by atoms with van der Waals surface area (Å²) in [6.45, 7) is 8.72. The predicted octanol–water partition coefficient (Wildman–Crippen LogP) is 6.02. The summed E-state index contributed by atoms with van der Waals surface area (Å²) in [5.74, 6) is 0.677. The number of rotatable bonds is 9. The first-order valence-electron chi connectivity index (χ1n) is 13.6. The summed E-state index contributed by atoms with van der Waals surface area (Å²) in [7, 11) is 0. The van der Waals surface area contributed by atoms with Gasteiger partial charge in [-0.3, -0.25) is 0 Å². The van der Waals surface area contributed by atoms with Crippen LogP contribution in [0.2, 0.25) is 0 Å². The first-order chi connectivity index (χ1) is 19.1. The van der Waals surface area contributed by atoms with E-state index in [0.29, 0.717) is 36.8 Å². The van der Waals surface area contributed by atoms with Crippen LogP contribution in [0.1, 0.15) is 43.4 Å². The Morgan fingerprint density at radius 2 is 1.75 bits per heavy atom. The molecule has 208 valence electrons. The summed E-state index contributed by atoms with van der Waals surface area (Å²) >= 11 is 0. The summed E-state index contributed by atoms with van der Waals surface area (Å²) in [4.78, 5) is 18.4. The fraction of sp³-hybridized carbons (Fsp3) is 0.333. The number of anilines is 1. The van der Waals surface area contributed by atoms with E-state index in [9.17, 15) is 15.0 Å². The SMILES string of the molecule is Cc1oc(-c2ccccc2)nc1CCOc1cccc(C[C@@H]2C(O)N(c3ccc(C(C)(C)C)cc3)[C@@H]2C(=O)O)c1. The molecular formula is C33H36N2O5. The summed E-state index contributed by atoms with van der Waals surface area (Å²) < 4.78 is 11.9. The summed E-state index contributed by atoms with van der Waals surface area (Å²) in [6.07, 6.45) is 0.132. The number of aromatic nitrogens is 1. The molecule has 0 spiro atoms. The van der Waals surface area contributed by atoms with E-state index in [1.807, 2.05) is 85.8 Å². The molecule has 7 nitrogen and oxygen atoms in total. The molecule has 2 N–H and O–H groups in total. The highest BCUT2D eigenvalue weighted by atomic mass is 16.5. The minimum atomic E-state index is -0.944. The van der Waals surface area contributed by atoms with E-state index in [1.165, 1.54) is 0 Å². The largest absolute Gasteiger partial charge is 0.493 e. The number of carbonyl (C=O) groups is 1. The van der Waals surface area contributed by atoms with Crippen molar-refractivity contribution in [2.45, 2.75) is 58.2 Å². The Morgan fingerprint density at radius 1 is 1.02 bits per heavy atom. The zero-order valence-corrected chi connectivity index (χ0v) is 23.4. The number of benzene rings is 3. The topological polar surface area (TPSA) is 96.0 Å². The van der Waals surface area contributed by atoms with Crippen LogP contribution in [-0.2, 0) is 23.1 Å². The molecule has 1 aliphatic rings. The molecule has 1 saturated heterocycles. The number of aliphatic hydroxyl groups is 1. The van der Waals surface area contributed by atoms with Gasteiger partial charge in [0, 0.05) is 23.6 Å². The lowest BCUT2D eigenvalue weighted by Gasteiger charge is -2.51. The van der Waals surface area contributed by atoms with Crippen molar-refractivity contribution < 1.29 is 24.2 Å². The number of carboxylic acid groups (broad SMARTS) is 1. The number of carboxylic acids is 1. The predicted molar refractivity (Wildman–Crippen MR) is 155 cm³/mol. The van der Waals surface area contributed by atoms with Crippen molar-refractivity contribution in [3.05, 3.63) is 101 Å². The molecule has 1 aromatic heterocycles. The van der Waals surface area contributed by atoms with Crippen LogP contribution in [0.4, 0.5) is 5.69 Å². The fourth-order valence-electron chi connectivity index (χ4n) is 5.27. The van der Waals surface area contributed by atoms with Gasteiger partial charge in [0.1, 0.15) is 23.8 Å². The van der Waals surface area contributed by atoms with Crippen LogP contribution >= 0.6 is 0 Å². The number of hydrogen-bond donors (Lipinski definition) is 2. The van der Waals surface area contributed by atoms with E-state index < -0.39 is 24.2 Å². The molecule has 3 aromatic carbocycles. The first-order valence-corrected chi connectivity index (χ1v) is 13.6. The molecule has 0 radical (unpaired) electrons. The number of aliphatic hydroxyl groups excluding tert-OH is 1. The van der Waals surface area contributed by atoms with Crippen LogP contribution < -0.4 is 9.64 Å². The van der Waals surface area contributed by atoms with Gasteiger partial charge in [-0.15, -0.1) is 0 Å². The molecule has 1 fully saturated rings. The van der Waals surface area contributed by atoms with Gasteiger partial charge in [-0.25, -0.2) is 9.78 Å².